The lowest BCUT2D eigenvalue weighted by Crippen LogP contribution is -2.34. The highest BCUT2D eigenvalue weighted by atomic mass is 15.2. The molecule has 1 aliphatic rings. The van der Waals surface area contributed by atoms with Crippen LogP contribution in [-0.4, -0.2) is 22.6 Å². The molecule has 0 bridgehead atoms. The number of nitrogens with zero attached hydrogens (tertiary/aromatic N) is 3. The van der Waals surface area contributed by atoms with Crippen LogP contribution in [0.25, 0.3) is 0 Å². The van der Waals surface area contributed by atoms with E-state index in [1.807, 2.05) is 6.07 Å². The molecule has 100 valence electrons. The van der Waals surface area contributed by atoms with Crippen LogP contribution in [0.2, 0.25) is 0 Å². The average molecular weight is 248 g/mol. The van der Waals surface area contributed by atoms with E-state index >= 15 is 0 Å². The molecule has 4 heteroatoms. The van der Waals surface area contributed by atoms with E-state index in [0.717, 1.165) is 31.0 Å². The lowest BCUT2D eigenvalue weighted by Gasteiger charge is -2.29. The molecule has 0 unspecified atom stereocenters. The summed E-state index contributed by atoms with van der Waals surface area (Å²) < 4.78 is 0. The maximum absolute atomic E-state index is 5.90. The van der Waals surface area contributed by atoms with Gasteiger partial charge >= 0.3 is 0 Å². The van der Waals surface area contributed by atoms with Gasteiger partial charge in [0.2, 0.25) is 0 Å². The Morgan fingerprint density at radius 2 is 2.00 bits per heavy atom. The maximum Gasteiger partial charge on any atom is 0.134 e. The van der Waals surface area contributed by atoms with Crippen LogP contribution in [0.4, 0.5) is 11.6 Å². The van der Waals surface area contributed by atoms with Gasteiger partial charge in [-0.25, -0.2) is 9.97 Å². The molecule has 0 spiro atoms. The quantitative estimate of drug-likeness (QED) is 0.870. The highest BCUT2D eigenvalue weighted by Gasteiger charge is 2.23. The van der Waals surface area contributed by atoms with Crippen molar-refractivity contribution in [1.29, 1.82) is 0 Å². The van der Waals surface area contributed by atoms with Gasteiger partial charge < -0.3 is 10.6 Å². The third kappa shape index (κ3) is 2.92. The molecular weight excluding hydrogens is 224 g/mol. The molecular formula is C14H24N4. The summed E-state index contributed by atoms with van der Waals surface area (Å²) in [6.07, 6.45) is 7.19. The van der Waals surface area contributed by atoms with Crippen LogP contribution in [0, 0.1) is 0 Å². The SMILES string of the molecule is CCCc1nc(N)cc(N(CC)C2CCCC2)n1. The van der Waals surface area contributed by atoms with E-state index in [1.54, 1.807) is 0 Å². The van der Waals surface area contributed by atoms with Gasteiger partial charge in [0.25, 0.3) is 0 Å². The number of aryl methyl sites for hydroxylation is 1. The Balaban J connectivity index is 2.23. The normalized spacial score (nSPS) is 16.1. The number of nitrogen functional groups attached to an aromatic ring is 1. The molecule has 18 heavy (non-hydrogen) atoms. The smallest absolute Gasteiger partial charge is 0.134 e. The van der Waals surface area contributed by atoms with Gasteiger partial charge in [-0.2, -0.15) is 0 Å². The number of rotatable bonds is 5. The van der Waals surface area contributed by atoms with E-state index in [0.29, 0.717) is 11.9 Å². The molecule has 0 amide bonds. The van der Waals surface area contributed by atoms with Gasteiger partial charge in [0.15, 0.2) is 0 Å². The first-order valence-electron chi connectivity index (χ1n) is 7.14. The fourth-order valence-corrected chi connectivity index (χ4v) is 2.81. The van der Waals surface area contributed by atoms with Crippen molar-refractivity contribution in [1.82, 2.24) is 9.97 Å². The number of aromatic nitrogens is 2. The molecule has 0 radical (unpaired) electrons. The standard InChI is InChI=1S/C14H24N4/c1-3-7-13-16-12(15)10-14(17-13)18(4-2)11-8-5-6-9-11/h10-11H,3-9H2,1-2H3,(H2,15,16,17). The molecule has 2 rings (SSSR count). The van der Waals surface area contributed by atoms with Gasteiger partial charge in [0, 0.05) is 25.1 Å². The van der Waals surface area contributed by atoms with Crippen LogP contribution >= 0.6 is 0 Å². The van der Waals surface area contributed by atoms with E-state index < -0.39 is 0 Å². The minimum absolute atomic E-state index is 0.597. The summed E-state index contributed by atoms with van der Waals surface area (Å²) in [5.74, 6) is 2.49. The van der Waals surface area contributed by atoms with Crippen LogP contribution in [0.3, 0.4) is 0 Å². The summed E-state index contributed by atoms with van der Waals surface area (Å²) in [7, 11) is 0. The van der Waals surface area contributed by atoms with Gasteiger partial charge in [0.1, 0.15) is 17.5 Å². The molecule has 0 saturated heterocycles. The molecule has 0 atom stereocenters. The molecule has 4 nitrogen and oxygen atoms in total. The Labute approximate surface area is 110 Å². The minimum atomic E-state index is 0.597. The van der Waals surface area contributed by atoms with Crippen LogP contribution < -0.4 is 10.6 Å². The highest BCUT2D eigenvalue weighted by Crippen LogP contribution is 2.27. The van der Waals surface area contributed by atoms with E-state index in [9.17, 15) is 0 Å². The van der Waals surface area contributed by atoms with E-state index in [1.165, 1.54) is 25.7 Å². The molecule has 0 aliphatic heterocycles. The zero-order valence-electron chi connectivity index (χ0n) is 11.5. The third-order valence-electron chi connectivity index (χ3n) is 3.65. The van der Waals surface area contributed by atoms with Crippen molar-refractivity contribution in [2.75, 3.05) is 17.2 Å². The summed E-state index contributed by atoms with van der Waals surface area (Å²) in [5.41, 5.74) is 5.90. The van der Waals surface area contributed by atoms with E-state index in [-0.39, 0.29) is 0 Å². The predicted molar refractivity (Wildman–Crippen MR) is 75.7 cm³/mol. The third-order valence-corrected chi connectivity index (χ3v) is 3.65. The first-order chi connectivity index (χ1) is 8.74. The summed E-state index contributed by atoms with van der Waals surface area (Å²) in [6, 6.07) is 2.56. The fraction of sp³-hybridized carbons (Fsp3) is 0.714. The molecule has 1 saturated carbocycles. The van der Waals surface area contributed by atoms with Crippen molar-refractivity contribution >= 4 is 11.6 Å². The Hall–Kier alpha value is -1.32. The molecule has 1 aromatic rings. The Morgan fingerprint density at radius 1 is 1.28 bits per heavy atom. The average Bonchev–Trinajstić information content (AvgIpc) is 2.83. The molecule has 0 aromatic carbocycles. The van der Waals surface area contributed by atoms with Crippen molar-refractivity contribution in [3.05, 3.63) is 11.9 Å². The van der Waals surface area contributed by atoms with Gasteiger partial charge in [-0.05, 0) is 26.2 Å². The summed E-state index contributed by atoms with van der Waals surface area (Å²) in [6.45, 7) is 5.32. The van der Waals surface area contributed by atoms with Crippen LogP contribution in [0.5, 0.6) is 0 Å². The van der Waals surface area contributed by atoms with Gasteiger partial charge in [-0.15, -0.1) is 0 Å². The minimum Gasteiger partial charge on any atom is -0.384 e. The Morgan fingerprint density at radius 3 is 2.61 bits per heavy atom. The lowest BCUT2D eigenvalue weighted by atomic mass is 10.2. The van der Waals surface area contributed by atoms with E-state index in [4.69, 9.17) is 5.73 Å². The van der Waals surface area contributed by atoms with Gasteiger partial charge in [0.05, 0.1) is 0 Å². The molecule has 1 heterocycles. The van der Waals surface area contributed by atoms with Gasteiger partial charge in [-0.3, -0.25) is 0 Å². The molecule has 1 aliphatic carbocycles. The second kappa shape index (κ2) is 6.03. The zero-order chi connectivity index (χ0) is 13.0. The van der Waals surface area contributed by atoms with Crippen molar-refractivity contribution < 1.29 is 0 Å². The summed E-state index contributed by atoms with van der Waals surface area (Å²) in [5, 5.41) is 0. The van der Waals surface area contributed by atoms with Crippen LogP contribution in [-0.2, 0) is 6.42 Å². The molecule has 1 aromatic heterocycles. The summed E-state index contributed by atoms with van der Waals surface area (Å²) >= 11 is 0. The van der Waals surface area contributed by atoms with E-state index in [2.05, 4.69) is 28.7 Å². The number of hydrogen-bond donors (Lipinski definition) is 1. The Bertz CT molecular complexity index is 385. The maximum atomic E-state index is 5.90. The number of anilines is 2. The van der Waals surface area contributed by atoms with Crippen molar-refractivity contribution in [2.45, 2.75) is 58.4 Å². The fourth-order valence-electron chi connectivity index (χ4n) is 2.81. The topological polar surface area (TPSA) is 55.0 Å². The number of nitrogens with two attached hydrogens (primary N) is 1. The molecule has 2 N–H and O–H groups in total. The zero-order valence-corrected chi connectivity index (χ0v) is 11.5. The lowest BCUT2D eigenvalue weighted by molar-refractivity contribution is 0.610. The Kier molecular flexibility index (Phi) is 4.39. The first-order valence-corrected chi connectivity index (χ1v) is 7.14. The predicted octanol–water partition coefficient (Wildman–Crippen LogP) is 2.78. The second-order valence-corrected chi connectivity index (χ2v) is 5.04. The van der Waals surface area contributed by atoms with Gasteiger partial charge in [-0.1, -0.05) is 19.8 Å². The monoisotopic (exact) mass is 248 g/mol. The largest absolute Gasteiger partial charge is 0.384 e. The van der Waals surface area contributed by atoms with Crippen LogP contribution in [0.15, 0.2) is 6.07 Å². The first kappa shape index (κ1) is 13.1. The molecule has 1 fully saturated rings. The second-order valence-electron chi connectivity index (χ2n) is 5.04. The van der Waals surface area contributed by atoms with Crippen molar-refractivity contribution in [2.24, 2.45) is 0 Å². The highest BCUT2D eigenvalue weighted by molar-refractivity contribution is 5.48. The van der Waals surface area contributed by atoms with Crippen LogP contribution in [0.1, 0.15) is 51.8 Å². The number of hydrogen-bond acceptors (Lipinski definition) is 4. The van der Waals surface area contributed by atoms with Crippen molar-refractivity contribution in [3.8, 4) is 0 Å². The van der Waals surface area contributed by atoms with Crippen molar-refractivity contribution in [3.63, 3.8) is 0 Å². The summed E-state index contributed by atoms with van der Waals surface area (Å²) in [4.78, 5) is 11.4.